The van der Waals surface area contributed by atoms with Crippen LogP contribution in [-0.2, 0) is 4.74 Å². The first kappa shape index (κ1) is 12.3. The van der Waals surface area contributed by atoms with Crippen LogP contribution in [0.5, 0.6) is 0 Å². The van der Waals surface area contributed by atoms with Crippen molar-refractivity contribution in [2.75, 3.05) is 25.1 Å². The first-order chi connectivity index (χ1) is 8.20. The zero-order valence-electron chi connectivity index (χ0n) is 10.5. The Morgan fingerprint density at radius 3 is 2.76 bits per heavy atom. The smallest absolute Gasteiger partial charge is 0.128 e. The molecule has 2 rings (SSSR count). The highest BCUT2D eigenvalue weighted by Crippen LogP contribution is 2.22. The van der Waals surface area contributed by atoms with Gasteiger partial charge in [0.2, 0.25) is 0 Å². The summed E-state index contributed by atoms with van der Waals surface area (Å²) in [5.74, 6) is 0.956. The van der Waals surface area contributed by atoms with E-state index >= 15 is 0 Å². The zero-order valence-corrected chi connectivity index (χ0v) is 10.5. The van der Waals surface area contributed by atoms with E-state index in [4.69, 9.17) is 4.74 Å². The summed E-state index contributed by atoms with van der Waals surface area (Å²) in [4.78, 5) is 6.62. The predicted molar refractivity (Wildman–Crippen MR) is 67.1 cm³/mol. The van der Waals surface area contributed by atoms with E-state index in [-0.39, 0.29) is 0 Å². The maximum atomic E-state index is 9.56. The molecule has 1 aromatic rings. The van der Waals surface area contributed by atoms with E-state index in [1.54, 1.807) is 20.2 Å². The molecule has 1 aliphatic rings. The Morgan fingerprint density at radius 1 is 1.47 bits per heavy atom. The van der Waals surface area contributed by atoms with Gasteiger partial charge in [-0.3, -0.25) is 0 Å². The lowest BCUT2D eigenvalue weighted by molar-refractivity contribution is 0.0818. The Bertz CT molecular complexity index is 360. The van der Waals surface area contributed by atoms with Crippen LogP contribution in [0.3, 0.4) is 0 Å². The second-order valence-corrected chi connectivity index (χ2v) is 4.55. The summed E-state index contributed by atoms with van der Waals surface area (Å²) in [7, 11) is 1.77. The number of hydrogen-bond acceptors (Lipinski definition) is 4. The Labute approximate surface area is 102 Å². The molecule has 2 heterocycles. The van der Waals surface area contributed by atoms with Gasteiger partial charge in [-0.05, 0) is 37.5 Å². The van der Waals surface area contributed by atoms with E-state index in [1.165, 1.54) is 0 Å². The van der Waals surface area contributed by atoms with Gasteiger partial charge in [0.25, 0.3) is 0 Å². The number of nitrogens with zero attached hydrogens (tertiary/aromatic N) is 2. The fourth-order valence-electron chi connectivity index (χ4n) is 2.19. The highest BCUT2D eigenvalue weighted by molar-refractivity contribution is 5.41. The number of aromatic nitrogens is 1. The van der Waals surface area contributed by atoms with Gasteiger partial charge in [0.1, 0.15) is 5.82 Å². The van der Waals surface area contributed by atoms with Crippen LogP contribution in [0.1, 0.15) is 31.4 Å². The van der Waals surface area contributed by atoms with Crippen LogP contribution in [0.15, 0.2) is 18.3 Å². The number of hydrogen-bond donors (Lipinski definition) is 1. The first-order valence-electron chi connectivity index (χ1n) is 6.12. The van der Waals surface area contributed by atoms with Crippen LogP contribution >= 0.6 is 0 Å². The standard InChI is InChI=1S/C13H20N2O2/c1-10(16)11-3-6-14-13(9-11)15-7-4-12(17-2)5-8-15/h3,6,9-10,12,16H,4-5,7-8H2,1-2H3/t10-/m1/s1. The van der Waals surface area contributed by atoms with E-state index < -0.39 is 6.10 Å². The van der Waals surface area contributed by atoms with Crippen LogP contribution in [0.4, 0.5) is 5.82 Å². The molecule has 0 bridgehead atoms. The van der Waals surface area contributed by atoms with Gasteiger partial charge in [0.05, 0.1) is 12.2 Å². The first-order valence-corrected chi connectivity index (χ1v) is 6.12. The molecule has 0 spiro atoms. The maximum absolute atomic E-state index is 9.56. The normalized spacial score (nSPS) is 19.4. The largest absolute Gasteiger partial charge is 0.389 e. The minimum Gasteiger partial charge on any atom is -0.389 e. The van der Waals surface area contributed by atoms with Gasteiger partial charge < -0.3 is 14.7 Å². The molecule has 1 fully saturated rings. The molecule has 1 aromatic heterocycles. The molecular formula is C13H20N2O2. The van der Waals surface area contributed by atoms with Gasteiger partial charge in [0, 0.05) is 26.4 Å². The average Bonchev–Trinajstić information content (AvgIpc) is 2.39. The fourth-order valence-corrected chi connectivity index (χ4v) is 2.19. The number of rotatable bonds is 3. The summed E-state index contributed by atoms with van der Waals surface area (Å²) in [6.07, 6.45) is 3.79. The molecule has 0 unspecified atom stereocenters. The summed E-state index contributed by atoms with van der Waals surface area (Å²) >= 11 is 0. The van der Waals surface area contributed by atoms with Crippen LogP contribution in [0.2, 0.25) is 0 Å². The predicted octanol–water partition coefficient (Wildman–Crippen LogP) is 1.75. The molecule has 1 aliphatic heterocycles. The minimum atomic E-state index is -0.437. The second kappa shape index (κ2) is 5.47. The number of anilines is 1. The van der Waals surface area contributed by atoms with Crippen LogP contribution in [-0.4, -0.2) is 36.4 Å². The third kappa shape index (κ3) is 2.96. The lowest BCUT2D eigenvalue weighted by Crippen LogP contribution is -2.37. The highest BCUT2D eigenvalue weighted by Gasteiger charge is 2.19. The topological polar surface area (TPSA) is 45.6 Å². The van der Waals surface area contributed by atoms with Gasteiger partial charge in [-0.15, -0.1) is 0 Å². The molecule has 4 nitrogen and oxygen atoms in total. The van der Waals surface area contributed by atoms with Crippen molar-refractivity contribution in [3.8, 4) is 0 Å². The van der Waals surface area contributed by atoms with E-state index in [0.717, 1.165) is 37.3 Å². The lowest BCUT2D eigenvalue weighted by atomic mass is 10.1. The molecule has 17 heavy (non-hydrogen) atoms. The van der Waals surface area contributed by atoms with Gasteiger partial charge in [-0.2, -0.15) is 0 Å². The molecule has 0 aromatic carbocycles. The van der Waals surface area contributed by atoms with Crippen LogP contribution in [0.25, 0.3) is 0 Å². The summed E-state index contributed by atoms with van der Waals surface area (Å²) in [6.45, 7) is 3.71. The third-order valence-electron chi connectivity index (χ3n) is 3.35. The molecule has 0 radical (unpaired) electrons. The molecule has 94 valence electrons. The summed E-state index contributed by atoms with van der Waals surface area (Å²) < 4.78 is 5.35. The maximum Gasteiger partial charge on any atom is 0.128 e. The lowest BCUT2D eigenvalue weighted by Gasteiger charge is -2.32. The van der Waals surface area contributed by atoms with Crippen molar-refractivity contribution in [3.63, 3.8) is 0 Å². The number of aliphatic hydroxyl groups excluding tert-OH is 1. The number of pyridine rings is 1. The Balaban J connectivity index is 2.05. The molecular weight excluding hydrogens is 216 g/mol. The number of aliphatic hydroxyl groups is 1. The Kier molecular flexibility index (Phi) is 3.97. The number of methoxy groups -OCH3 is 1. The average molecular weight is 236 g/mol. The molecule has 1 atom stereocenters. The second-order valence-electron chi connectivity index (χ2n) is 4.55. The Morgan fingerprint density at radius 2 is 2.18 bits per heavy atom. The van der Waals surface area contributed by atoms with E-state index in [0.29, 0.717) is 6.10 Å². The number of ether oxygens (including phenoxy) is 1. The molecule has 0 aliphatic carbocycles. The van der Waals surface area contributed by atoms with Gasteiger partial charge in [-0.25, -0.2) is 4.98 Å². The van der Waals surface area contributed by atoms with E-state index in [9.17, 15) is 5.11 Å². The molecule has 4 heteroatoms. The zero-order chi connectivity index (χ0) is 12.3. The SMILES string of the molecule is COC1CCN(c2cc([C@@H](C)O)ccn2)CC1. The van der Waals surface area contributed by atoms with Gasteiger partial charge >= 0.3 is 0 Å². The van der Waals surface area contributed by atoms with E-state index in [1.807, 2.05) is 12.1 Å². The summed E-state index contributed by atoms with van der Waals surface area (Å²) in [6, 6.07) is 3.83. The molecule has 1 N–H and O–H groups in total. The monoisotopic (exact) mass is 236 g/mol. The Hall–Kier alpha value is -1.13. The van der Waals surface area contributed by atoms with Gasteiger partial charge in [-0.1, -0.05) is 0 Å². The van der Waals surface area contributed by atoms with Crippen LogP contribution < -0.4 is 4.90 Å². The summed E-state index contributed by atoms with van der Waals surface area (Å²) in [5, 5.41) is 9.56. The highest BCUT2D eigenvalue weighted by atomic mass is 16.5. The van der Waals surface area contributed by atoms with Crippen molar-refractivity contribution in [1.29, 1.82) is 0 Å². The third-order valence-corrected chi connectivity index (χ3v) is 3.35. The van der Waals surface area contributed by atoms with Gasteiger partial charge in [0.15, 0.2) is 0 Å². The molecule has 1 saturated heterocycles. The van der Waals surface area contributed by atoms with Crippen LogP contribution in [0, 0.1) is 0 Å². The van der Waals surface area contributed by atoms with E-state index in [2.05, 4.69) is 9.88 Å². The quantitative estimate of drug-likeness (QED) is 0.868. The molecule has 0 saturated carbocycles. The van der Waals surface area contributed by atoms with Crippen molar-refractivity contribution in [2.24, 2.45) is 0 Å². The molecule has 0 amide bonds. The number of piperidine rings is 1. The van der Waals surface area contributed by atoms with Crippen molar-refractivity contribution in [1.82, 2.24) is 4.98 Å². The van der Waals surface area contributed by atoms with Crippen molar-refractivity contribution < 1.29 is 9.84 Å². The summed E-state index contributed by atoms with van der Waals surface area (Å²) in [5.41, 5.74) is 0.920. The fraction of sp³-hybridized carbons (Fsp3) is 0.615. The van der Waals surface area contributed by atoms with Crippen molar-refractivity contribution >= 4 is 5.82 Å². The van der Waals surface area contributed by atoms with Crippen molar-refractivity contribution in [3.05, 3.63) is 23.9 Å². The minimum absolute atomic E-state index is 0.381. The van der Waals surface area contributed by atoms with Crippen molar-refractivity contribution in [2.45, 2.75) is 32.0 Å².